The lowest BCUT2D eigenvalue weighted by atomic mass is 10.0. The first-order valence-corrected chi connectivity index (χ1v) is 8.06. The van der Waals surface area contributed by atoms with Gasteiger partial charge >= 0.3 is 0 Å². The Bertz CT molecular complexity index is 744. The van der Waals surface area contributed by atoms with Crippen molar-refractivity contribution in [2.75, 3.05) is 25.5 Å². The van der Waals surface area contributed by atoms with E-state index in [0.717, 1.165) is 22.6 Å². The second kappa shape index (κ2) is 6.57. The quantitative estimate of drug-likeness (QED) is 0.925. The SMILES string of the molecule is C[C@@H](O)C(=O)N1CCc2c(nc(-c3ccccc3)nc2N(C)C)C1. The average molecular weight is 326 g/mol. The molecule has 0 bridgehead atoms. The van der Waals surface area contributed by atoms with Crippen molar-refractivity contribution in [3.8, 4) is 11.4 Å². The van der Waals surface area contributed by atoms with Gasteiger partial charge in [-0.15, -0.1) is 0 Å². The van der Waals surface area contributed by atoms with Gasteiger partial charge in [0.1, 0.15) is 11.9 Å². The molecule has 6 heteroatoms. The van der Waals surface area contributed by atoms with E-state index in [-0.39, 0.29) is 5.91 Å². The van der Waals surface area contributed by atoms with E-state index in [1.54, 1.807) is 4.90 Å². The van der Waals surface area contributed by atoms with Crippen LogP contribution in [0.1, 0.15) is 18.2 Å². The van der Waals surface area contributed by atoms with Crippen molar-refractivity contribution in [1.29, 1.82) is 0 Å². The highest BCUT2D eigenvalue weighted by Crippen LogP contribution is 2.28. The zero-order valence-corrected chi connectivity index (χ0v) is 14.2. The fraction of sp³-hybridized carbons (Fsp3) is 0.389. The molecular weight excluding hydrogens is 304 g/mol. The maximum Gasteiger partial charge on any atom is 0.251 e. The summed E-state index contributed by atoms with van der Waals surface area (Å²) in [5, 5.41) is 9.56. The molecule has 0 fully saturated rings. The lowest BCUT2D eigenvalue weighted by Crippen LogP contribution is -2.42. The molecule has 3 rings (SSSR count). The van der Waals surface area contributed by atoms with Crippen molar-refractivity contribution in [3.63, 3.8) is 0 Å². The van der Waals surface area contributed by atoms with Gasteiger partial charge in [0, 0.05) is 31.8 Å². The summed E-state index contributed by atoms with van der Waals surface area (Å²) in [6.45, 7) is 2.48. The van der Waals surface area contributed by atoms with Crippen LogP contribution in [0.4, 0.5) is 5.82 Å². The lowest BCUT2D eigenvalue weighted by molar-refractivity contribution is -0.140. The predicted molar refractivity (Wildman–Crippen MR) is 92.6 cm³/mol. The Hall–Kier alpha value is -2.47. The largest absolute Gasteiger partial charge is 0.384 e. The van der Waals surface area contributed by atoms with Crippen LogP contribution in [0.15, 0.2) is 30.3 Å². The fourth-order valence-corrected chi connectivity index (χ4v) is 2.95. The molecule has 1 N–H and O–H groups in total. The van der Waals surface area contributed by atoms with E-state index in [0.29, 0.717) is 25.3 Å². The Balaban J connectivity index is 2.04. The summed E-state index contributed by atoms with van der Waals surface area (Å²) in [6.07, 6.45) is -0.300. The minimum Gasteiger partial charge on any atom is -0.384 e. The average Bonchev–Trinajstić information content (AvgIpc) is 2.60. The Morgan fingerprint density at radius 3 is 2.58 bits per heavy atom. The maximum absolute atomic E-state index is 12.1. The number of aliphatic hydroxyl groups is 1. The van der Waals surface area contributed by atoms with Gasteiger partial charge in [0.2, 0.25) is 0 Å². The fourth-order valence-electron chi connectivity index (χ4n) is 2.95. The van der Waals surface area contributed by atoms with Crippen molar-refractivity contribution in [2.24, 2.45) is 0 Å². The first-order chi connectivity index (χ1) is 11.5. The Morgan fingerprint density at radius 1 is 1.25 bits per heavy atom. The standard InChI is InChI=1S/C18H22N4O2/c1-12(23)18(24)22-10-9-14-15(11-22)19-16(20-17(14)21(2)3)13-7-5-4-6-8-13/h4-8,12,23H,9-11H2,1-3H3/t12-/m1/s1. The number of aromatic nitrogens is 2. The predicted octanol–water partition coefficient (Wildman–Crippen LogP) is 1.48. The molecule has 1 aromatic heterocycles. The summed E-state index contributed by atoms with van der Waals surface area (Å²) in [5.74, 6) is 1.29. The zero-order chi connectivity index (χ0) is 17.3. The Morgan fingerprint density at radius 2 is 1.96 bits per heavy atom. The number of carbonyl (C=O) groups excluding carboxylic acids is 1. The third kappa shape index (κ3) is 3.10. The highest BCUT2D eigenvalue weighted by atomic mass is 16.3. The number of carbonyl (C=O) groups is 1. The second-order valence-electron chi connectivity index (χ2n) is 6.24. The van der Waals surface area contributed by atoms with Gasteiger partial charge in [-0.05, 0) is 13.3 Å². The number of fused-ring (bicyclic) bond motifs is 1. The van der Waals surface area contributed by atoms with E-state index in [1.807, 2.05) is 49.3 Å². The Labute approximate surface area is 141 Å². The maximum atomic E-state index is 12.1. The van der Waals surface area contributed by atoms with Crippen molar-refractivity contribution >= 4 is 11.7 Å². The first-order valence-electron chi connectivity index (χ1n) is 8.06. The molecule has 2 aromatic rings. The third-order valence-electron chi connectivity index (χ3n) is 4.17. The van der Waals surface area contributed by atoms with Crippen LogP contribution in [0.3, 0.4) is 0 Å². The van der Waals surface area contributed by atoms with Crippen LogP contribution in [0.25, 0.3) is 11.4 Å². The van der Waals surface area contributed by atoms with E-state index in [4.69, 9.17) is 9.97 Å². The highest BCUT2D eigenvalue weighted by molar-refractivity contribution is 5.80. The summed E-state index contributed by atoms with van der Waals surface area (Å²) in [4.78, 5) is 25.2. The molecular formula is C18H22N4O2. The molecule has 1 aliphatic heterocycles. The highest BCUT2D eigenvalue weighted by Gasteiger charge is 2.27. The topological polar surface area (TPSA) is 69.6 Å². The Kier molecular flexibility index (Phi) is 4.49. The molecule has 1 aliphatic rings. The first kappa shape index (κ1) is 16.4. The van der Waals surface area contributed by atoms with E-state index in [2.05, 4.69) is 0 Å². The monoisotopic (exact) mass is 326 g/mol. The van der Waals surface area contributed by atoms with E-state index < -0.39 is 6.10 Å². The van der Waals surface area contributed by atoms with Gasteiger partial charge in [0.15, 0.2) is 5.82 Å². The van der Waals surface area contributed by atoms with Crippen LogP contribution in [0, 0.1) is 0 Å². The van der Waals surface area contributed by atoms with Gasteiger partial charge < -0.3 is 14.9 Å². The van der Waals surface area contributed by atoms with Crippen LogP contribution in [0.5, 0.6) is 0 Å². The van der Waals surface area contributed by atoms with Crippen molar-refractivity contribution < 1.29 is 9.90 Å². The number of rotatable bonds is 3. The number of nitrogens with zero attached hydrogens (tertiary/aromatic N) is 4. The van der Waals surface area contributed by atoms with Gasteiger partial charge in [0.05, 0.1) is 12.2 Å². The van der Waals surface area contributed by atoms with Crippen LogP contribution in [-0.4, -0.2) is 52.6 Å². The van der Waals surface area contributed by atoms with Gasteiger partial charge in [-0.2, -0.15) is 0 Å². The summed E-state index contributed by atoms with van der Waals surface area (Å²) < 4.78 is 0. The van der Waals surface area contributed by atoms with E-state index in [9.17, 15) is 9.90 Å². The minimum atomic E-state index is -0.990. The minimum absolute atomic E-state index is 0.257. The number of amides is 1. The summed E-state index contributed by atoms with van der Waals surface area (Å²) in [6, 6.07) is 9.82. The molecule has 126 valence electrons. The molecule has 0 radical (unpaired) electrons. The van der Waals surface area contributed by atoms with Crippen molar-refractivity contribution in [2.45, 2.75) is 26.0 Å². The number of benzene rings is 1. The zero-order valence-electron chi connectivity index (χ0n) is 14.2. The molecule has 0 aliphatic carbocycles. The third-order valence-corrected chi connectivity index (χ3v) is 4.17. The molecule has 1 aromatic carbocycles. The van der Waals surface area contributed by atoms with Crippen LogP contribution < -0.4 is 4.90 Å². The van der Waals surface area contributed by atoms with Crippen LogP contribution in [0.2, 0.25) is 0 Å². The van der Waals surface area contributed by atoms with E-state index >= 15 is 0 Å². The molecule has 0 saturated heterocycles. The number of hydrogen-bond acceptors (Lipinski definition) is 5. The van der Waals surface area contributed by atoms with Gasteiger partial charge in [0.25, 0.3) is 5.91 Å². The normalized spacial score (nSPS) is 14.9. The lowest BCUT2D eigenvalue weighted by Gasteiger charge is -2.31. The van der Waals surface area contributed by atoms with Gasteiger partial charge in [-0.25, -0.2) is 9.97 Å². The second-order valence-corrected chi connectivity index (χ2v) is 6.24. The molecule has 0 unspecified atom stereocenters. The van der Waals surface area contributed by atoms with Gasteiger partial charge in [-0.3, -0.25) is 4.79 Å². The van der Waals surface area contributed by atoms with Gasteiger partial charge in [-0.1, -0.05) is 30.3 Å². The molecule has 1 atom stereocenters. The summed E-state index contributed by atoms with van der Waals surface area (Å²) in [5.41, 5.74) is 2.88. The van der Waals surface area contributed by atoms with Crippen molar-refractivity contribution in [1.82, 2.24) is 14.9 Å². The molecule has 0 saturated carbocycles. The number of aliphatic hydroxyl groups excluding tert-OH is 1. The molecule has 2 heterocycles. The summed E-state index contributed by atoms with van der Waals surface area (Å²) >= 11 is 0. The smallest absolute Gasteiger partial charge is 0.251 e. The molecule has 6 nitrogen and oxygen atoms in total. The molecule has 1 amide bonds. The summed E-state index contributed by atoms with van der Waals surface area (Å²) in [7, 11) is 3.93. The molecule has 0 spiro atoms. The number of anilines is 1. The van der Waals surface area contributed by atoms with Crippen molar-refractivity contribution in [3.05, 3.63) is 41.6 Å². The number of hydrogen-bond donors (Lipinski definition) is 1. The van der Waals surface area contributed by atoms with Crippen LogP contribution in [-0.2, 0) is 17.8 Å². The van der Waals surface area contributed by atoms with E-state index in [1.165, 1.54) is 6.92 Å². The molecule has 24 heavy (non-hydrogen) atoms. The van der Waals surface area contributed by atoms with Crippen LogP contribution >= 0.6 is 0 Å².